The molecule has 1 N–H and O–H groups in total. The van der Waals surface area contributed by atoms with Crippen LogP contribution in [-0.4, -0.2) is 33.6 Å². The molecule has 0 amide bonds. The van der Waals surface area contributed by atoms with Gasteiger partial charge in [-0.2, -0.15) is 8.42 Å². The van der Waals surface area contributed by atoms with Crippen molar-refractivity contribution in [2.75, 3.05) is 0 Å². The molecule has 1 aromatic heterocycles. The van der Waals surface area contributed by atoms with Crippen molar-refractivity contribution in [2.45, 2.75) is 71.6 Å². The molecular weight excluding hydrogens is 340 g/mol. The number of hydrogen-bond acceptors (Lipinski definition) is 4. The van der Waals surface area contributed by atoms with Gasteiger partial charge in [0.2, 0.25) is 0 Å². The van der Waals surface area contributed by atoms with Crippen LogP contribution in [0.5, 0.6) is 0 Å². The van der Waals surface area contributed by atoms with Gasteiger partial charge in [-0.1, -0.05) is 40.5 Å². The number of fused-ring (bicyclic) bond motifs is 2. The lowest BCUT2D eigenvalue weighted by Gasteiger charge is -2.32. The molecule has 2 saturated carbocycles. The van der Waals surface area contributed by atoms with Gasteiger partial charge < -0.3 is 4.57 Å². The summed E-state index contributed by atoms with van der Waals surface area (Å²) in [6.07, 6.45) is 11.0. The van der Waals surface area contributed by atoms with Crippen molar-refractivity contribution in [3.8, 4) is 0 Å². The van der Waals surface area contributed by atoms with Gasteiger partial charge in [0.05, 0.1) is 6.33 Å². The number of rotatable bonds is 5. The minimum absolute atomic E-state index is 0.231. The first-order valence-electron chi connectivity index (χ1n) is 9.02. The number of aromatic nitrogens is 2. The van der Waals surface area contributed by atoms with Crippen molar-refractivity contribution >= 4 is 15.9 Å². The molecule has 0 spiro atoms. The summed E-state index contributed by atoms with van der Waals surface area (Å²) in [6.45, 7) is 9.00. The fraction of sp³-hybridized carbons (Fsp3) is 0.778. The zero-order valence-electron chi connectivity index (χ0n) is 15.6. The largest absolute Gasteiger partial charge is 0.337 e. The fourth-order valence-corrected chi connectivity index (χ4v) is 5.73. The van der Waals surface area contributed by atoms with Crippen LogP contribution in [0.15, 0.2) is 18.7 Å². The monoisotopic (exact) mass is 370 g/mol. The molecular formula is C18H30N2O4S. The van der Waals surface area contributed by atoms with E-state index < -0.39 is 20.8 Å². The summed E-state index contributed by atoms with van der Waals surface area (Å²) in [5, 5.41) is -1.19. The van der Waals surface area contributed by atoms with E-state index in [1.54, 1.807) is 0 Å². The summed E-state index contributed by atoms with van der Waals surface area (Å²) in [5.74, 6) is -0.531. The van der Waals surface area contributed by atoms with Gasteiger partial charge in [-0.15, -0.1) is 0 Å². The lowest BCUT2D eigenvalue weighted by atomic mass is 9.70. The first-order valence-corrected chi connectivity index (χ1v) is 10.5. The third-order valence-corrected chi connectivity index (χ3v) is 7.56. The third kappa shape index (κ3) is 3.67. The summed E-state index contributed by atoms with van der Waals surface area (Å²) in [4.78, 5) is 16.0. The van der Waals surface area contributed by atoms with Crippen LogP contribution in [0.2, 0.25) is 0 Å². The maximum absolute atomic E-state index is 12.0. The maximum atomic E-state index is 12.0. The van der Waals surface area contributed by atoms with Crippen LogP contribution in [0.3, 0.4) is 0 Å². The summed E-state index contributed by atoms with van der Waals surface area (Å²) < 4.78 is 33.6. The molecule has 25 heavy (non-hydrogen) atoms. The molecule has 0 aromatic carbocycles. The summed E-state index contributed by atoms with van der Waals surface area (Å²) in [5.41, 5.74) is -0.914. The number of aryl methyl sites for hydroxylation is 1. The van der Waals surface area contributed by atoms with Crippen molar-refractivity contribution in [1.82, 2.24) is 9.55 Å². The fourth-order valence-electron chi connectivity index (χ4n) is 4.31. The smallest absolute Gasteiger partial charge is 0.275 e. The van der Waals surface area contributed by atoms with Crippen molar-refractivity contribution in [3.05, 3.63) is 18.7 Å². The lowest BCUT2D eigenvalue weighted by molar-refractivity contribution is -0.128. The number of carbonyl (C=O) groups excluding carboxylic acids is 1. The highest BCUT2D eigenvalue weighted by atomic mass is 32.2. The summed E-state index contributed by atoms with van der Waals surface area (Å²) >= 11 is 0. The van der Waals surface area contributed by atoms with Crippen LogP contribution in [0.25, 0.3) is 0 Å². The van der Waals surface area contributed by atoms with Gasteiger partial charge in [-0.25, -0.2) is 4.98 Å². The van der Waals surface area contributed by atoms with E-state index in [2.05, 4.69) is 16.5 Å². The number of hydrogen-bond donors (Lipinski definition) is 1. The molecule has 2 aliphatic carbocycles. The highest BCUT2D eigenvalue weighted by molar-refractivity contribution is 7.87. The van der Waals surface area contributed by atoms with E-state index in [-0.39, 0.29) is 17.1 Å². The predicted octanol–water partition coefficient (Wildman–Crippen LogP) is 3.34. The first-order chi connectivity index (χ1) is 11.6. The Labute approximate surface area is 150 Å². The highest BCUT2D eigenvalue weighted by Gasteiger charge is 2.69. The average molecular weight is 371 g/mol. The maximum Gasteiger partial charge on any atom is 0.275 e. The van der Waals surface area contributed by atoms with E-state index in [1.165, 1.54) is 19.3 Å². The second-order valence-electron chi connectivity index (χ2n) is 8.01. The van der Waals surface area contributed by atoms with Gasteiger partial charge in [0.15, 0.2) is 5.78 Å². The third-order valence-electron chi connectivity index (χ3n) is 6.37. The Morgan fingerprint density at radius 1 is 1.32 bits per heavy atom. The van der Waals surface area contributed by atoms with E-state index in [1.807, 2.05) is 39.5 Å². The minimum atomic E-state index is -4.24. The van der Waals surface area contributed by atoms with Crippen LogP contribution >= 0.6 is 0 Å². The number of ketones is 1. The first kappa shape index (κ1) is 20.1. The molecule has 142 valence electrons. The van der Waals surface area contributed by atoms with E-state index in [0.29, 0.717) is 6.42 Å². The topological polar surface area (TPSA) is 89.3 Å². The number of nitrogens with zero attached hydrogens (tertiary/aromatic N) is 2. The minimum Gasteiger partial charge on any atom is -0.337 e. The van der Waals surface area contributed by atoms with Gasteiger partial charge in [-0.05, 0) is 30.6 Å². The predicted molar refractivity (Wildman–Crippen MR) is 96.7 cm³/mol. The second-order valence-corrected chi connectivity index (χ2v) is 9.54. The molecule has 2 fully saturated rings. The van der Waals surface area contributed by atoms with Gasteiger partial charge in [-0.3, -0.25) is 9.35 Å². The highest BCUT2D eigenvalue weighted by Crippen LogP contribution is 2.64. The van der Waals surface area contributed by atoms with Crippen LogP contribution in [0.1, 0.15) is 59.8 Å². The molecule has 7 heteroatoms. The standard InChI is InChI=1S/C10H16O4S.C8H14N2/c1-9(2)6-4-5-10(9,3)8(11)7(6)15(12,13)14;1-2-3-4-6-10-7-5-9-8-10/h6-7H,4-5H2,1-3H3,(H,12,13,14);5,7-8H,2-4,6H2,1H3. The summed E-state index contributed by atoms with van der Waals surface area (Å²) in [6, 6.07) is 0. The molecule has 6 nitrogen and oxygen atoms in total. The number of Topliss-reactive ketones (excluding diaryl/α,β-unsaturated/α-hetero) is 1. The van der Waals surface area contributed by atoms with Crippen molar-refractivity contribution in [3.63, 3.8) is 0 Å². The average Bonchev–Trinajstić information content (AvgIpc) is 3.13. The number of carbonyl (C=O) groups is 1. The quantitative estimate of drug-likeness (QED) is 0.634. The van der Waals surface area contributed by atoms with E-state index in [4.69, 9.17) is 4.55 Å². The van der Waals surface area contributed by atoms with Gasteiger partial charge >= 0.3 is 0 Å². The van der Waals surface area contributed by atoms with Gasteiger partial charge in [0.25, 0.3) is 10.1 Å². The van der Waals surface area contributed by atoms with Crippen molar-refractivity contribution < 1.29 is 17.8 Å². The zero-order chi connectivity index (χ0) is 18.9. The van der Waals surface area contributed by atoms with E-state index in [0.717, 1.165) is 13.0 Å². The molecule has 0 aliphatic heterocycles. The van der Waals surface area contributed by atoms with Gasteiger partial charge in [0.1, 0.15) is 5.25 Å². The molecule has 3 atom stereocenters. The molecule has 3 rings (SSSR count). The SMILES string of the molecule is CC12CCC(C(S(=O)(=O)O)C1=O)C2(C)C.CCCCCn1ccnc1. The van der Waals surface area contributed by atoms with E-state index >= 15 is 0 Å². The van der Waals surface area contributed by atoms with E-state index in [9.17, 15) is 13.2 Å². The number of unbranched alkanes of at least 4 members (excludes halogenated alkanes) is 2. The molecule has 1 aromatic rings. The summed E-state index contributed by atoms with van der Waals surface area (Å²) in [7, 11) is -4.24. The Morgan fingerprint density at radius 3 is 2.40 bits per heavy atom. The molecule has 0 saturated heterocycles. The Hall–Kier alpha value is -1.21. The zero-order valence-corrected chi connectivity index (χ0v) is 16.4. The Balaban J connectivity index is 0.000000196. The molecule has 2 bridgehead atoms. The second kappa shape index (κ2) is 7.19. The Kier molecular flexibility index (Phi) is 5.78. The Bertz CT molecular complexity index is 697. The van der Waals surface area contributed by atoms with Crippen LogP contribution in [0, 0.1) is 16.7 Å². The normalized spacial score (nSPS) is 30.2. The van der Waals surface area contributed by atoms with Gasteiger partial charge in [0, 0.05) is 24.4 Å². The molecule has 3 unspecified atom stereocenters. The van der Waals surface area contributed by atoms with Crippen LogP contribution in [-0.2, 0) is 21.5 Å². The van der Waals surface area contributed by atoms with Crippen molar-refractivity contribution in [2.24, 2.45) is 16.7 Å². The number of imidazole rings is 1. The molecule has 1 heterocycles. The molecule has 2 aliphatic rings. The molecule has 0 radical (unpaired) electrons. The van der Waals surface area contributed by atoms with Crippen molar-refractivity contribution in [1.29, 1.82) is 0 Å². The van der Waals surface area contributed by atoms with Crippen LogP contribution < -0.4 is 0 Å². The Morgan fingerprint density at radius 2 is 2.00 bits per heavy atom. The van der Waals surface area contributed by atoms with Crippen LogP contribution in [0.4, 0.5) is 0 Å². The lowest BCUT2D eigenvalue weighted by Crippen LogP contribution is -2.38.